The number of para-hydroxylation sites is 1. The lowest BCUT2D eigenvalue weighted by molar-refractivity contribution is -0.127. The first kappa shape index (κ1) is 10.7. The van der Waals surface area contributed by atoms with Crippen molar-refractivity contribution in [2.24, 2.45) is 0 Å². The summed E-state index contributed by atoms with van der Waals surface area (Å²) in [5, 5.41) is 0. The Balaban J connectivity index is 2.52. The number of imidazole rings is 1. The van der Waals surface area contributed by atoms with Crippen LogP contribution < -0.4 is 0 Å². The molecule has 1 aromatic carbocycles. The van der Waals surface area contributed by atoms with E-state index in [0.717, 1.165) is 0 Å². The summed E-state index contributed by atoms with van der Waals surface area (Å²) < 4.78 is 36.8. The summed E-state index contributed by atoms with van der Waals surface area (Å²) >= 11 is 0. The number of alkyl halides is 3. The van der Waals surface area contributed by atoms with Gasteiger partial charge in [0.2, 0.25) is 0 Å². The summed E-state index contributed by atoms with van der Waals surface area (Å²) in [7, 11) is 0. The Hall–Kier alpha value is -1.85. The molecule has 1 N–H and O–H groups in total. The highest BCUT2D eigenvalue weighted by atomic mass is 19.4. The van der Waals surface area contributed by atoms with E-state index < -0.39 is 12.6 Å². The fourth-order valence-electron chi connectivity index (χ4n) is 1.53. The molecule has 2 rings (SSSR count). The second-order valence-corrected chi connectivity index (χ2v) is 3.35. The summed E-state index contributed by atoms with van der Waals surface area (Å²) in [6, 6.07) is 4.43. The summed E-state index contributed by atoms with van der Waals surface area (Å²) in [6.45, 7) is 0. The van der Waals surface area contributed by atoms with E-state index >= 15 is 0 Å². The van der Waals surface area contributed by atoms with Crippen molar-refractivity contribution >= 4 is 17.3 Å². The molecule has 0 saturated heterocycles. The van der Waals surface area contributed by atoms with Crippen LogP contribution in [0, 0.1) is 0 Å². The Bertz CT molecular complexity index is 530. The van der Waals surface area contributed by atoms with Crippen LogP contribution in [0.2, 0.25) is 0 Å². The number of rotatable bonds is 2. The summed E-state index contributed by atoms with van der Waals surface area (Å²) in [6.07, 6.45) is -4.86. The lowest BCUT2D eigenvalue weighted by Gasteiger charge is -2.06. The van der Waals surface area contributed by atoms with Gasteiger partial charge >= 0.3 is 6.18 Å². The van der Waals surface area contributed by atoms with Gasteiger partial charge in [0.15, 0.2) is 12.1 Å². The van der Waals surface area contributed by atoms with Crippen molar-refractivity contribution < 1.29 is 18.0 Å². The molecule has 1 heterocycles. The quantitative estimate of drug-likeness (QED) is 0.802. The molecule has 0 fully saturated rings. The molecular formula is C10H7F3N2O. The van der Waals surface area contributed by atoms with Gasteiger partial charge in [0, 0.05) is 0 Å². The molecule has 6 heteroatoms. The van der Waals surface area contributed by atoms with Crippen molar-refractivity contribution in [2.45, 2.75) is 12.6 Å². The number of halogens is 3. The molecule has 1 aromatic heterocycles. The van der Waals surface area contributed by atoms with Crippen LogP contribution in [-0.4, -0.2) is 22.4 Å². The van der Waals surface area contributed by atoms with Gasteiger partial charge in [-0.15, -0.1) is 0 Å². The molecule has 84 valence electrons. The van der Waals surface area contributed by atoms with Crippen molar-refractivity contribution in [2.75, 3.05) is 0 Å². The highest BCUT2D eigenvalue weighted by Gasteiger charge is 2.29. The molecule has 3 nitrogen and oxygen atoms in total. The highest BCUT2D eigenvalue weighted by Crippen LogP contribution is 2.25. The SMILES string of the molecule is O=Cc1nc2c(CC(F)(F)F)cccc2[nH]1. The minimum atomic E-state index is -4.28. The van der Waals surface area contributed by atoms with Crippen molar-refractivity contribution in [3.63, 3.8) is 0 Å². The van der Waals surface area contributed by atoms with Gasteiger partial charge in [0.1, 0.15) is 0 Å². The standard InChI is InChI=1S/C10H7F3N2O/c11-10(12,13)4-6-2-1-3-7-9(6)15-8(5-16)14-7/h1-3,5H,4H2,(H,14,15). The lowest BCUT2D eigenvalue weighted by Crippen LogP contribution is -2.11. The molecule has 0 spiro atoms. The van der Waals surface area contributed by atoms with Crippen molar-refractivity contribution in [1.82, 2.24) is 9.97 Å². The third-order valence-electron chi connectivity index (χ3n) is 2.12. The number of hydrogen-bond donors (Lipinski definition) is 1. The smallest absolute Gasteiger partial charge is 0.336 e. The molecule has 0 unspecified atom stereocenters. The van der Waals surface area contributed by atoms with Crippen LogP contribution in [0.1, 0.15) is 16.2 Å². The van der Waals surface area contributed by atoms with E-state index in [-0.39, 0.29) is 16.9 Å². The number of aromatic amines is 1. The summed E-state index contributed by atoms with van der Waals surface area (Å²) in [5.41, 5.74) is 0.695. The summed E-state index contributed by atoms with van der Waals surface area (Å²) in [5.74, 6) is 0.0321. The molecule has 0 aliphatic carbocycles. The highest BCUT2D eigenvalue weighted by molar-refractivity contribution is 5.84. The average molecular weight is 228 g/mol. The topological polar surface area (TPSA) is 45.8 Å². The molecule has 0 radical (unpaired) electrons. The van der Waals surface area contributed by atoms with E-state index in [9.17, 15) is 18.0 Å². The van der Waals surface area contributed by atoms with E-state index in [1.807, 2.05) is 0 Å². The zero-order chi connectivity index (χ0) is 11.8. The third kappa shape index (κ3) is 2.05. The zero-order valence-electron chi connectivity index (χ0n) is 8.01. The first-order valence-electron chi connectivity index (χ1n) is 4.49. The monoisotopic (exact) mass is 228 g/mol. The van der Waals surface area contributed by atoms with Crippen molar-refractivity contribution in [3.8, 4) is 0 Å². The van der Waals surface area contributed by atoms with Crippen LogP contribution in [0.4, 0.5) is 13.2 Å². The number of nitrogens with one attached hydrogen (secondary N) is 1. The Labute approximate surface area is 88.3 Å². The molecule has 0 amide bonds. The van der Waals surface area contributed by atoms with E-state index in [1.165, 1.54) is 12.1 Å². The lowest BCUT2D eigenvalue weighted by atomic mass is 10.1. The van der Waals surface area contributed by atoms with E-state index in [4.69, 9.17) is 0 Å². The van der Waals surface area contributed by atoms with Crippen LogP contribution in [0.3, 0.4) is 0 Å². The molecular weight excluding hydrogens is 221 g/mol. The van der Waals surface area contributed by atoms with E-state index in [2.05, 4.69) is 9.97 Å². The van der Waals surface area contributed by atoms with Gasteiger partial charge in [-0.05, 0) is 11.6 Å². The fraction of sp³-hybridized carbons (Fsp3) is 0.200. The van der Waals surface area contributed by atoms with Gasteiger partial charge in [0.05, 0.1) is 17.5 Å². The maximum Gasteiger partial charge on any atom is 0.393 e. The number of H-pyrrole nitrogens is 1. The minimum Gasteiger partial charge on any atom is -0.336 e. The first-order chi connectivity index (χ1) is 7.49. The Morgan fingerprint density at radius 2 is 2.12 bits per heavy atom. The molecule has 0 saturated carbocycles. The van der Waals surface area contributed by atoms with Crippen LogP contribution in [-0.2, 0) is 6.42 Å². The van der Waals surface area contributed by atoms with Crippen LogP contribution in [0.25, 0.3) is 11.0 Å². The number of nitrogens with zero attached hydrogens (tertiary/aromatic N) is 1. The predicted octanol–water partition coefficient (Wildman–Crippen LogP) is 2.48. The number of aromatic nitrogens is 2. The van der Waals surface area contributed by atoms with Gasteiger partial charge in [-0.25, -0.2) is 4.98 Å². The van der Waals surface area contributed by atoms with Crippen molar-refractivity contribution in [3.05, 3.63) is 29.6 Å². The number of aldehydes is 1. The number of carbonyl (C=O) groups excluding carboxylic acids is 1. The predicted molar refractivity (Wildman–Crippen MR) is 51.2 cm³/mol. The fourth-order valence-corrected chi connectivity index (χ4v) is 1.53. The molecule has 0 aliphatic rings. The maximum absolute atomic E-state index is 12.3. The number of fused-ring (bicyclic) bond motifs is 1. The first-order valence-corrected chi connectivity index (χ1v) is 4.49. The maximum atomic E-state index is 12.3. The Morgan fingerprint density at radius 3 is 2.75 bits per heavy atom. The van der Waals surface area contributed by atoms with Gasteiger partial charge < -0.3 is 4.98 Å². The second kappa shape index (κ2) is 3.62. The zero-order valence-corrected chi connectivity index (χ0v) is 8.01. The largest absolute Gasteiger partial charge is 0.393 e. The van der Waals surface area contributed by atoms with E-state index in [1.54, 1.807) is 6.07 Å². The number of benzene rings is 1. The number of hydrogen-bond acceptors (Lipinski definition) is 2. The van der Waals surface area contributed by atoms with Gasteiger partial charge in [-0.1, -0.05) is 12.1 Å². The Morgan fingerprint density at radius 1 is 1.38 bits per heavy atom. The van der Waals surface area contributed by atoms with Crippen LogP contribution in [0.15, 0.2) is 18.2 Å². The van der Waals surface area contributed by atoms with E-state index in [0.29, 0.717) is 11.8 Å². The van der Waals surface area contributed by atoms with Gasteiger partial charge in [0.25, 0.3) is 0 Å². The molecule has 0 bridgehead atoms. The van der Waals surface area contributed by atoms with Crippen LogP contribution in [0.5, 0.6) is 0 Å². The normalized spacial score (nSPS) is 11.9. The minimum absolute atomic E-state index is 0.0321. The molecule has 16 heavy (non-hydrogen) atoms. The van der Waals surface area contributed by atoms with Crippen molar-refractivity contribution in [1.29, 1.82) is 0 Å². The van der Waals surface area contributed by atoms with Gasteiger partial charge in [-0.2, -0.15) is 13.2 Å². The van der Waals surface area contributed by atoms with Gasteiger partial charge in [-0.3, -0.25) is 4.79 Å². The molecule has 0 aliphatic heterocycles. The number of carbonyl (C=O) groups is 1. The summed E-state index contributed by atoms with van der Waals surface area (Å²) in [4.78, 5) is 16.9. The molecule has 2 aromatic rings. The second-order valence-electron chi connectivity index (χ2n) is 3.35. The van der Waals surface area contributed by atoms with Crippen LogP contribution >= 0.6 is 0 Å². The molecule has 0 atom stereocenters. The Kier molecular flexibility index (Phi) is 2.41. The third-order valence-corrected chi connectivity index (χ3v) is 2.12. The average Bonchev–Trinajstić information content (AvgIpc) is 2.59.